The van der Waals surface area contributed by atoms with Gasteiger partial charge in [-0.15, -0.1) is 0 Å². The Hall–Kier alpha value is -0.680. The molecule has 0 spiro atoms. The highest BCUT2D eigenvalue weighted by Crippen LogP contribution is 2.15. The third-order valence-corrected chi connectivity index (χ3v) is 2.85. The van der Waals surface area contributed by atoms with Crippen molar-refractivity contribution < 1.29 is 9.53 Å². The van der Waals surface area contributed by atoms with E-state index in [9.17, 15) is 4.79 Å². The highest BCUT2D eigenvalue weighted by Gasteiger charge is 2.16. The monoisotopic (exact) mass is 304 g/mol. The van der Waals surface area contributed by atoms with Crippen LogP contribution in [0.4, 0.5) is 0 Å². The van der Waals surface area contributed by atoms with Gasteiger partial charge >= 0.3 is 0 Å². The van der Waals surface area contributed by atoms with E-state index in [0.717, 1.165) is 12.8 Å². The van der Waals surface area contributed by atoms with Gasteiger partial charge in [0.2, 0.25) is 0 Å². The number of hydrogen-bond donors (Lipinski definition) is 1. The lowest BCUT2D eigenvalue weighted by molar-refractivity contribution is -0.111. The summed E-state index contributed by atoms with van der Waals surface area (Å²) in [7, 11) is 0. The number of hydrogen-bond acceptors (Lipinski definition) is 4. The number of nitrogens with zero attached hydrogens (tertiary/aromatic N) is 1. The van der Waals surface area contributed by atoms with Crippen LogP contribution >= 0.6 is 15.9 Å². The van der Waals surface area contributed by atoms with E-state index in [1.807, 2.05) is 13.8 Å². The van der Waals surface area contributed by atoms with Crippen molar-refractivity contribution in [1.82, 2.24) is 0 Å². The van der Waals surface area contributed by atoms with E-state index < -0.39 is 0 Å². The van der Waals surface area contributed by atoms with Gasteiger partial charge in [0.05, 0.1) is 10.5 Å². The molecule has 0 aromatic heterocycles. The Morgan fingerprint density at radius 3 is 2.35 bits per heavy atom. The Bertz CT molecular complexity index is 295. The quantitative estimate of drug-likeness (QED) is 0.814. The zero-order valence-corrected chi connectivity index (χ0v) is 12.3. The summed E-state index contributed by atoms with van der Waals surface area (Å²) in [6.07, 6.45) is 3.07. The number of halogens is 1. The van der Waals surface area contributed by atoms with Crippen molar-refractivity contribution in [3.63, 3.8) is 0 Å². The largest absolute Gasteiger partial charge is 0.404 e. The molecule has 1 fully saturated rings. The molecule has 4 nitrogen and oxygen atoms in total. The lowest BCUT2D eigenvalue weighted by Crippen LogP contribution is -2.22. The van der Waals surface area contributed by atoms with Crippen LogP contribution in [-0.2, 0) is 9.53 Å². The molecule has 0 radical (unpaired) electrons. The first-order chi connectivity index (χ1) is 8.15. The first-order valence-corrected chi connectivity index (χ1v) is 6.68. The molecule has 0 amide bonds. The minimum atomic E-state index is -0.0740. The van der Waals surface area contributed by atoms with E-state index in [4.69, 9.17) is 10.5 Å². The SMILES string of the molecule is CC.CC(=O)C(=NC1CCOCC1)/C(Br)=C\N. The number of aliphatic imine (C=N–C) groups is 1. The molecule has 17 heavy (non-hydrogen) atoms. The van der Waals surface area contributed by atoms with Crippen molar-refractivity contribution in [3.8, 4) is 0 Å². The predicted molar refractivity (Wildman–Crippen MR) is 74.5 cm³/mol. The summed E-state index contributed by atoms with van der Waals surface area (Å²) in [4.78, 5) is 15.7. The van der Waals surface area contributed by atoms with Gasteiger partial charge in [-0.2, -0.15) is 0 Å². The smallest absolute Gasteiger partial charge is 0.178 e. The maximum Gasteiger partial charge on any atom is 0.178 e. The Kier molecular flexibility index (Phi) is 8.99. The van der Waals surface area contributed by atoms with Crippen molar-refractivity contribution in [2.75, 3.05) is 13.2 Å². The first-order valence-electron chi connectivity index (χ1n) is 5.89. The highest BCUT2D eigenvalue weighted by molar-refractivity contribution is 9.12. The first kappa shape index (κ1) is 16.3. The third kappa shape index (κ3) is 5.98. The molecule has 0 unspecified atom stereocenters. The van der Waals surface area contributed by atoms with Gasteiger partial charge in [0.25, 0.3) is 0 Å². The van der Waals surface area contributed by atoms with Gasteiger partial charge in [0.15, 0.2) is 5.78 Å². The molecule has 0 saturated carbocycles. The molecule has 1 heterocycles. The molecule has 1 rings (SSSR count). The number of carbonyl (C=O) groups is 1. The molecule has 2 N–H and O–H groups in total. The van der Waals surface area contributed by atoms with Crippen molar-refractivity contribution in [1.29, 1.82) is 0 Å². The Morgan fingerprint density at radius 1 is 1.41 bits per heavy atom. The fourth-order valence-corrected chi connectivity index (χ4v) is 1.78. The van der Waals surface area contributed by atoms with Crippen LogP contribution in [-0.4, -0.2) is 30.8 Å². The summed E-state index contributed by atoms with van der Waals surface area (Å²) in [5.41, 5.74) is 5.77. The van der Waals surface area contributed by atoms with Crippen LogP contribution in [0.25, 0.3) is 0 Å². The number of carbonyl (C=O) groups excluding carboxylic acids is 1. The van der Waals surface area contributed by atoms with Gasteiger partial charge in [-0.25, -0.2) is 0 Å². The van der Waals surface area contributed by atoms with Crippen molar-refractivity contribution in [2.24, 2.45) is 10.7 Å². The van der Waals surface area contributed by atoms with E-state index in [-0.39, 0.29) is 11.8 Å². The van der Waals surface area contributed by atoms with Crippen LogP contribution in [0.5, 0.6) is 0 Å². The van der Waals surface area contributed by atoms with E-state index >= 15 is 0 Å². The summed E-state index contributed by atoms with van der Waals surface area (Å²) >= 11 is 3.22. The molecule has 0 atom stereocenters. The van der Waals surface area contributed by atoms with Crippen molar-refractivity contribution >= 4 is 27.4 Å². The zero-order valence-electron chi connectivity index (χ0n) is 10.7. The van der Waals surface area contributed by atoms with Crippen molar-refractivity contribution in [3.05, 3.63) is 10.7 Å². The average Bonchev–Trinajstić information content (AvgIpc) is 2.38. The fraction of sp³-hybridized carbons (Fsp3) is 0.667. The number of allylic oxidation sites excluding steroid dienone is 1. The Labute approximate surface area is 111 Å². The minimum Gasteiger partial charge on any atom is -0.404 e. The van der Waals surface area contributed by atoms with Crippen molar-refractivity contribution in [2.45, 2.75) is 39.7 Å². The van der Waals surface area contributed by atoms with Gasteiger partial charge in [0.1, 0.15) is 5.71 Å². The molecule has 0 aliphatic carbocycles. The van der Waals surface area contributed by atoms with Crippen LogP contribution in [0, 0.1) is 0 Å². The molecule has 1 aliphatic heterocycles. The number of rotatable bonds is 3. The minimum absolute atomic E-state index is 0.0740. The fourth-order valence-electron chi connectivity index (χ4n) is 1.40. The molecule has 0 aromatic carbocycles. The van der Waals surface area contributed by atoms with Gasteiger partial charge in [-0.05, 0) is 28.8 Å². The second-order valence-electron chi connectivity index (χ2n) is 3.39. The number of ether oxygens (including phenoxy) is 1. The second-order valence-corrected chi connectivity index (χ2v) is 4.25. The summed E-state index contributed by atoms with van der Waals surface area (Å²) in [5.74, 6) is -0.0740. The molecular formula is C12H21BrN2O2. The Morgan fingerprint density at radius 2 is 1.94 bits per heavy atom. The lowest BCUT2D eigenvalue weighted by atomic mass is 10.1. The van der Waals surface area contributed by atoms with Crippen LogP contribution in [0.15, 0.2) is 15.7 Å². The summed E-state index contributed by atoms with van der Waals surface area (Å²) in [5, 5.41) is 0. The van der Waals surface area contributed by atoms with E-state index in [0.29, 0.717) is 23.4 Å². The third-order valence-electron chi connectivity index (χ3n) is 2.21. The number of Topliss-reactive ketones (excluding diaryl/α,β-unsaturated/α-hetero) is 1. The van der Waals surface area contributed by atoms with Gasteiger partial charge in [-0.3, -0.25) is 9.79 Å². The predicted octanol–water partition coefficient (Wildman–Crippen LogP) is 2.42. The lowest BCUT2D eigenvalue weighted by Gasteiger charge is -2.19. The molecule has 0 bridgehead atoms. The van der Waals surface area contributed by atoms with Gasteiger partial charge < -0.3 is 10.5 Å². The van der Waals surface area contributed by atoms with E-state index in [1.54, 1.807) is 0 Å². The Balaban J connectivity index is 0.00000121. The van der Waals surface area contributed by atoms with Crippen LogP contribution in [0.2, 0.25) is 0 Å². The maximum absolute atomic E-state index is 11.3. The topological polar surface area (TPSA) is 64.7 Å². The van der Waals surface area contributed by atoms with Gasteiger partial charge in [0, 0.05) is 26.3 Å². The average molecular weight is 305 g/mol. The highest BCUT2D eigenvalue weighted by atomic mass is 79.9. The molecule has 1 saturated heterocycles. The summed E-state index contributed by atoms with van der Waals surface area (Å²) in [6, 6.07) is 0.171. The van der Waals surface area contributed by atoms with Gasteiger partial charge in [-0.1, -0.05) is 13.8 Å². The second kappa shape index (κ2) is 9.36. The molecular weight excluding hydrogens is 284 g/mol. The molecule has 98 valence electrons. The molecule has 1 aliphatic rings. The van der Waals surface area contributed by atoms with E-state index in [1.165, 1.54) is 13.1 Å². The standard InChI is InChI=1S/C10H15BrN2O2.C2H6/c1-7(14)10(9(11)6-12)13-8-2-4-15-5-3-8;1-2/h6,8H,2-5,12H2,1H3;1-2H3/b9-6+,13-10?;. The summed E-state index contributed by atoms with van der Waals surface area (Å²) < 4.78 is 5.78. The number of nitrogens with two attached hydrogens (primary N) is 1. The van der Waals surface area contributed by atoms with E-state index in [2.05, 4.69) is 20.9 Å². The van der Waals surface area contributed by atoms with Crippen LogP contribution in [0.1, 0.15) is 33.6 Å². The maximum atomic E-state index is 11.3. The summed E-state index contributed by atoms with van der Waals surface area (Å²) in [6.45, 7) is 6.91. The van der Waals surface area contributed by atoms with Crippen LogP contribution < -0.4 is 5.73 Å². The molecule has 0 aromatic rings. The number of ketones is 1. The normalized spacial score (nSPS) is 18.4. The van der Waals surface area contributed by atoms with Crippen LogP contribution in [0.3, 0.4) is 0 Å². The zero-order chi connectivity index (χ0) is 13.3. The molecule has 5 heteroatoms.